The van der Waals surface area contributed by atoms with Gasteiger partial charge >= 0.3 is 0 Å². The molecule has 1 fully saturated rings. The average Bonchev–Trinajstić information content (AvgIpc) is 2.05. The van der Waals surface area contributed by atoms with E-state index in [2.05, 4.69) is 12.1 Å². The van der Waals surface area contributed by atoms with Crippen molar-refractivity contribution in [1.29, 1.82) is 10.5 Å². The third-order valence-corrected chi connectivity index (χ3v) is 3.56. The first-order chi connectivity index (χ1) is 5.54. The second-order valence-corrected chi connectivity index (χ2v) is 4.68. The van der Waals surface area contributed by atoms with E-state index in [0.717, 1.165) is 11.5 Å². The molecule has 0 aromatic carbocycles. The molecule has 0 radical (unpaired) electrons. The van der Waals surface area contributed by atoms with Gasteiger partial charge in [-0.3, -0.25) is 0 Å². The summed E-state index contributed by atoms with van der Waals surface area (Å²) in [5.41, 5.74) is -0.846. The van der Waals surface area contributed by atoms with Crippen molar-refractivity contribution in [3.05, 3.63) is 0 Å². The molecule has 64 valence electrons. The van der Waals surface area contributed by atoms with Crippen molar-refractivity contribution < 1.29 is 5.32 Å². The molecule has 0 aromatic rings. The van der Waals surface area contributed by atoms with Gasteiger partial charge in [-0.25, -0.2) is 0 Å². The maximum atomic E-state index is 8.87. The third kappa shape index (κ3) is 1.72. The van der Waals surface area contributed by atoms with Gasteiger partial charge in [-0.15, -0.1) is 11.8 Å². The van der Waals surface area contributed by atoms with Crippen molar-refractivity contribution in [2.24, 2.45) is 0 Å². The number of nitrogens with two attached hydrogens (primary N) is 1. The van der Waals surface area contributed by atoms with Crippen LogP contribution in [0.4, 0.5) is 0 Å². The van der Waals surface area contributed by atoms with Crippen LogP contribution >= 0.6 is 11.8 Å². The zero-order valence-corrected chi connectivity index (χ0v) is 8.11. The molecule has 0 bridgehead atoms. The van der Waals surface area contributed by atoms with Crippen LogP contribution in [-0.2, 0) is 0 Å². The van der Waals surface area contributed by atoms with Crippen LogP contribution in [0, 0.1) is 22.7 Å². The predicted octanol–water partition coefficient (Wildman–Crippen LogP) is -0.139. The smallest absolute Gasteiger partial charge is 0.190 e. The van der Waals surface area contributed by atoms with Gasteiger partial charge in [0.25, 0.3) is 0 Å². The maximum absolute atomic E-state index is 8.87. The summed E-state index contributed by atoms with van der Waals surface area (Å²) in [5.74, 6) is 1.61. The first-order valence-electron chi connectivity index (χ1n) is 3.81. The van der Waals surface area contributed by atoms with Crippen LogP contribution in [-0.4, -0.2) is 22.6 Å². The normalized spacial score (nSPS) is 41.3. The van der Waals surface area contributed by atoms with E-state index in [-0.39, 0.29) is 0 Å². The highest BCUT2D eigenvalue weighted by Gasteiger charge is 2.43. The van der Waals surface area contributed by atoms with E-state index in [1.807, 2.05) is 19.2 Å². The van der Waals surface area contributed by atoms with Crippen molar-refractivity contribution in [2.75, 3.05) is 11.5 Å². The lowest BCUT2D eigenvalue weighted by Gasteiger charge is -2.33. The van der Waals surface area contributed by atoms with Crippen LogP contribution in [0.1, 0.15) is 13.8 Å². The van der Waals surface area contributed by atoms with Crippen LogP contribution in [0.2, 0.25) is 0 Å². The monoisotopic (exact) mass is 182 g/mol. The Balaban J connectivity index is 2.79. The summed E-state index contributed by atoms with van der Waals surface area (Å²) < 4.78 is 0. The summed E-state index contributed by atoms with van der Waals surface area (Å²) in [7, 11) is 0. The van der Waals surface area contributed by atoms with Crippen LogP contribution in [0.25, 0.3) is 0 Å². The SMILES string of the molecule is C[C@]1(C#N)CSC[C@@](C)(C#N)[NH2+]1. The quantitative estimate of drug-likeness (QED) is 0.567. The summed E-state index contributed by atoms with van der Waals surface area (Å²) in [6.45, 7) is 3.77. The number of nitrogens with zero attached hydrogens (tertiary/aromatic N) is 2. The van der Waals surface area contributed by atoms with Gasteiger partial charge < -0.3 is 5.32 Å². The van der Waals surface area contributed by atoms with E-state index in [1.165, 1.54) is 0 Å². The summed E-state index contributed by atoms with van der Waals surface area (Å²) in [4.78, 5) is 0. The molecule has 0 aliphatic carbocycles. The summed E-state index contributed by atoms with van der Waals surface area (Å²) >= 11 is 1.68. The Morgan fingerprint density at radius 2 is 1.58 bits per heavy atom. The Morgan fingerprint density at radius 1 is 1.17 bits per heavy atom. The van der Waals surface area contributed by atoms with Gasteiger partial charge in [-0.05, 0) is 0 Å². The van der Waals surface area contributed by atoms with Gasteiger partial charge in [0.1, 0.15) is 12.1 Å². The molecule has 2 N–H and O–H groups in total. The van der Waals surface area contributed by atoms with E-state index in [4.69, 9.17) is 10.5 Å². The van der Waals surface area contributed by atoms with Crippen LogP contribution in [0.15, 0.2) is 0 Å². The molecule has 4 heteroatoms. The molecule has 0 saturated carbocycles. The number of thioether (sulfide) groups is 1. The van der Waals surface area contributed by atoms with Crippen molar-refractivity contribution >= 4 is 11.8 Å². The van der Waals surface area contributed by atoms with Crippen molar-refractivity contribution in [1.82, 2.24) is 0 Å². The summed E-state index contributed by atoms with van der Waals surface area (Å²) in [6, 6.07) is 4.48. The fraction of sp³-hybridized carbons (Fsp3) is 0.750. The molecule has 0 spiro atoms. The van der Waals surface area contributed by atoms with E-state index in [9.17, 15) is 0 Å². The van der Waals surface area contributed by atoms with Gasteiger partial charge in [0.2, 0.25) is 0 Å². The van der Waals surface area contributed by atoms with Gasteiger partial charge in [0.15, 0.2) is 11.1 Å². The van der Waals surface area contributed by atoms with Crippen LogP contribution < -0.4 is 5.32 Å². The molecule has 1 heterocycles. The first-order valence-corrected chi connectivity index (χ1v) is 4.96. The molecule has 0 unspecified atom stereocenters. The Bertz CT molecular complexity index is 238. The molecule has 3 nitrogen and oxygen atoms in total. The fourth-order valence-electron chi connectivity index (χ4n) is 1.39. The molecule has 0 amide bonds. The fourth-order valence-corrected chi connectivity index (χ4v) is 2.64. The third-order valence-electron chi connectivity index (χ3n) is 1.95. The lowest BCUT2D eigenvalue weighted by atomic mass is 9.99. The molecule has 1 rings (SSSR count). The number of hydrogen-bond acceptors (Lipinski definition) is 3. The summed E-state index contributed by atoms with van der Waals surface area (Å²) in [6.07, 6.45) is 0. The molecule has 1 aliphatic rings. The molecule has 0 aromatic heterocycles. The van der Waals surface area contributed by atoms with Crippen molar-refractivity contribution in [3.8, 4) is 12.1 Å². The second-order valence-electron chi connectivity index (χ2n) is 3.70. The Morgan fingerprint density at radius 3 is 1.92 bits per heavy atom. The predicted molar refractivity (Wildman–Crippen MR) is 47.3 cm³/mol. The highest BCUT2D eigenvalue weighted by Crippen LogP contribution is 2.19. The van der Waals surface area contributed by atoms with Gasteiger partial charge in [0, 0.05) is 13.8 Å². The topological polar surface area (TPSA) is 64.2 Å². The van der Waals surface area contributed by atoms with Crippen molar-refractivity contribution in [2.45, 2.75) is 24.9 Å². The zero-order chi connectivity index (χ0) is 9.24. The van der Waals surface area contributed by atoms with E-state index in [0.29, 0.717) is 0 Å². The van der Waals surface area contributed by atoms with E-state index >= 15 is 0 Å². The number of rotatable bonds is 0. The Hall–Kier alpha value is -0.710. The van der Waals surface area contributed by atoms with Crippen LogP contribution in [0.3, 0.4) is 0 Å². The molecule has 1 aliphatic heterocycles. The van der Waals surface area contributed by atoms with Crippen molar-refractivity contribution in [3.63, 3.8) is 0 Å². The highest BCUT2D eigenvalue weighted by molar-refractivity contribution is 7.99. The van der Waals surface area contributed by atoms with Gasteiger partial charge in [-0.1, -0.05) is 0 Å². The van der Waals surface area contributed by atoms with Gasteiger partial charge in [0.05, 0.1) is 11.5 Å². The maximum Gasteiger partial charge on any atom is 0.190 e. The van der Waals surface area contributed by atoms with Gasteiger partial charge in [-0.2, -0.15) is 10.5 Å². The molecule has 1 saturated heterocycles. The Labute approximate surface area is 76.7 Å². The zero-order valence-electron chi connectivity index (χ0n) is 7.29. The molecule has 12 heavy (non-hydrogen) atoms. The second kappa shape index (κ2) is 2.97. The molecular formula is C8H12N3S+. The number of nitriles is 2. The first kappa shape index (κ1) is 9.38. The lowest BCUT2D eigenvalue weighted by molar-refractivity contribution is -0.754. The molecule has 2 atom stereocenters. The highest BCUT2D eigenvalue weighted by atomic mass is 32.2. The van der Waals surface area contributed by atoms with E-state index < -0.39 is 11.1 Å². The number of hydrogen-bond donors (Lipinski definition) is 1. The minimum absolute atomic E-state index is 0.423. The largest absolute Gasteiger partial charge is 0.312 e. The average molecular weight is 182 g/mol. The van der Waals surface area contributed by atoms with E-state index in [1.54, 1.807) is 11.8 Å². The minimum atomic E-state index is -0.423. The number of quaternary nitrogens is 1. The molecular weight excluding hydrogens is 170 g/mol. The standard InChI is InChI=1S/C8H11N3S/c1-7(3-9)5-12-6-8(2,4-10)11-7/h11H,5-6H2,1-2H3/p+1/t7-,8+. The summed E-state index contributed by atoms with van der Waals surface area (Å²) in [5, 5.41) is 19.6. The lowest BCUT2D eigenvalue weighted by Crippen LogP contribution is -3.07. The Kier molecular flexibility index (Phi) is 2.32. The van der Waals surface area contributed by atoms with Crippen LogP contribution in [0.5, 0.6) is 0 Å². The minimum Gasteiger partial charge on any atom is -0.312 e.